The molecule has 2 aromatic heterocycles. The highest BCUT2D eigenvalue weighted by Gasteiger charge is 2.24. The third-order valence-electron chi connectivity index (χ3n) is 3.93. The van der Waals surface area contributed by atoms with E-state index in [0.717, 1.165) is 24.5 Å². The average Bonchev–Trinajstić information content (AvgIpc) is 3.14. The van der Waals surface area contributed by atoms with E-state index in [1.165, 1.54) is 4.90 Å². The van der Waals surface area contributed by atoms with E-state index in [1.807, 2.05) is 22.9 Å². The summed E-state index contributed by atoms with van der Waals surface area (Å²) in [5.74, 6) is 0.883. The number of nitrogens with zero attached hydrogens (tertiary/aromatic N) is 4. The van der Waals surface area contributed by atoms with Crippen molar-refractivity contribution in [1.29, 1.82) is 0 Å². The van der Waals surface area contributed by atoms with Crippen LogP contribution in [0.3, 0.4) is 0 Å². The van der Waals surface area contributed by atoms with Crippen LogP contribution in [0.4, 0.5) is 0 Å². The van der Waals surface area contributed by atoms with Crippen molar-refractivity contribution < 1.29 is 13.9 Å². The summed E-state index contributed by atoms with van der Waals surface area (Å²) in [5, 5.41) is 4.35. The fraction of sp³-hybridized carbons (Fsp3) is 0.500. The number of aromatic nitrogens is 2. The van der Waals surface area contributed by atoms with Gasteiger partial charge >= 0.3 is 0 Å². The van der Waals surface area contributed by atoms with Gasteiger partial charge < -0.3 is 14.1 Å². The number of rotatable bonds is 5. The van der Waals surface area contributed by atoms with Crippen LogP contribution < -0.4 is 0 Å². The van der Waals surface area contributed by atoms with Crippen molar-refractivity contribution in [2.24, 2.45) is 0 Å². The van der Waals surface area contributed by atoms with Gasteiger partial charge in [0.2, 0.25) is 5.91 Å². The summed E-state index contributed by atoms with van der Waals surface area (Å²) in [6.45, 7) is 2.95. The molecule has 0 spiro atoms. The Morgan fingerprint density at radius 3 is 3.04 bits per heavy atom. The molecular formula is C16H22N4O3. The van der Waals surface area contributed by atoms with Gasteiger partial charge in [-0.1, -0.05) is 0 Å². The first-order valence-corrected chi connectivity index (χ1v) is 7.69. The van der Waals surface area contributed by atoms with Gasteiger partial charge in [0.15, 0.2) is 0 Å². The average molecular weight is 318 g/mol. The SMILES string of the molecule is CN(C)C(=O)COC1CN(Cc2ccco2)Cc2ccnn2C1. The molecule has 0 saturated carbocycles. The third-order valence-corrected chi connectivity index (χ3v) is 3.93. The summed E-state index contributed by atoms with van der Waals surface area (Å²) in [6.07, 6.45) is 3.39. The normalized spacial score (nSPS) is 18.4. The molecule has 23 heavy (non-hydrogen) atoms. The maximum Gasteiger partial charge on any atom is 0.248 e. The minimum Gasteiger partial charge on any atom is -0.468 e. The van der Waals surface area contributed by atoms with Gasteiger partial charge in [0.1, 0.15) is 12.4 Å². The highest BCUT2D eigenvalue weighted by Crippen LogP contribution is 2.16. The summed E-state index contributed by atoms with van der Waals surface area (Å²) >= 11 is 0. The van der Waals surface area contributed by atoms with E-state index in [1.54, 1.807) is 26.6 Å². The zero-order valence-corrected chi connectivity index (χ0v) is 13.5. The molecule has 1 aliphatic rings. The second kappa shape index (κ2) is 6.97. The molecule has 0 fully saturated rings. The Hall–Kier alpha value is -2.12. The van der Waals surface area contributed by atoms with Crippen LogP contribution in [0, 0.1) is 0 Å². The zero-order chi connectivity index (χ0) is 16.2. The Bertz CT molecular complexity index is 636. The highest BCUT2D eigenvalue weighted by molar-refractivity contribution is 5.76. The van der Waals surface area contributed by atoms with Crippen molar-refractivity contribution in [3.8, 4) is 0 Å². The maximum atomic E-state index is 11.8. The molecule has 1 unspecified atom stereocenters. The molecule has 124 valence electrons. The minimum atomic E-state index is -0.0880. The van der Waals surface area contributed by atoms with E-state index < -0.39 is 0 Å². The molecule has 0 N–H and O–H groups in total. The highest BCUT2D eigenvalue weighted by atomic mass is 16.5. The summed E-state index contributed by atoms with van der Waals surface area (Å²) in [4.78, 5) is 15.5. The van der Waals surface area contributed by atoms with Crippen LogP contribution in [-0.2, 0) is 29.2 Å². The second-order valence-electron chi connectivity index (χ2n) is 5.97. The van der Waals surface area contributed by atoms with Crippen LogP contribution in [0.25, 0.3) is 0 Å². The first kappa shape index (κ1) is 15.8. The molecule has 7 heteroatoms. The third kappa shape index (κ3) is 4.00. The second-order valence-corrected chi connectivity index (χ2v) is 5.97. The van der Waals surface area contributed by atoms with Gasteiger partial charge in [-0.25, -0.2) is 0 Å². The van der Waals surface area contributed by atoms with Crippen molar-refractivity contribution in [3.05, 3.63) is 42.1 Å². The number of hydrogen-bond donors (Lipinski definition) is 0. The smallest absolute Gasteiger partial charge is 0.248 e. The number of likely N-dealkylation sites (N-methyl/N-ethyl adjacent to an activating group) is 1. The van der Waals surface area contributed by atoms with Crippen LogP contribution in [0.1, 0.15) is 11.5 Å². The van der Waals surface area contributed by atoms with E-state index >= 15 is 0 Å². The molecule has 1 amide bonds. The molecule has 0 radical (unpaired) electrons. The fourth-order valence-corrected chi connectivity index (χ4v) is 2.66. The maximum absolute atomic E-state index is 11.8. The lowest BCUT2D eigenvalue weighted by molar-refractivity contribution is -0.136. The zero-order valence-electron chi connectivity index (χ0n) is 13.5. The molecule has 1 atom stereocenters. The van der Waals surface area contributed by atoms with Crippen molar-refractivity contribution in [3.63, 3.8) is 0 Å². The van der Waals surface area contributed by atoms with E-state index in [4.69, 9.17) is 9.15 Å². The van der Waals surface area contributed by atoms with Crippen LogP contribution in [0.5, 0.6) is 0 Å². The van der Waals surface area contributed by atoms with E-state index in [9.17, 15) is 4.79 Å². The molecule has 7 nitrogen and oxygen atoms in total. The Kier molecular flexibility index (Phi) is 4.78. The first-order chi connectivity index (χ1) is 11.1. The van der Waals surface area contributed by atoms with Crippen LogP contribution in [0.2, 0.25) is 0 Å². The van der Waals surface area contributed by atoms with E-state index in [2.05, 4.69) is 10.00 Å². The van der Waals surface area contributed by atoms with Crippen molar-refractivity contribution in [2.45, 2.75) is 25.7 Å². The lowest BCUT2D eigenvalue weighted by Crippen LogP contribution is -2.36. The van der Waals surface area contributed by atoms with Crippen LogP contribution in [0.15, 0.2) is 35.1 Å². The molecule has 0 saturated heterocycles. The lowest BCUT2D eigenvalue weighted by atomic mass is 10.3. The lowest BCUT2D eigenvalue weighted by Gasteiger charge is -2.23. The number of carbonyl (C=O) groups excluding carboxylic acids is 1. The molecular weight excluding hydrogens is 296 g/mol. The summed E-state index contributed by atoms with van der Waals surface area (Å²) in [6, 6.07) is 5.87. The van der Waals surface area contributed by atoms with E-state index in [0.29, 0.717) is 13.1 Å². The van der Waals surface area contributed by atoms with Crippen LogP contribution >= 0.6 is 0 Å². The molecule has 1 aliphatic heterocycles. The summed E-state index contributed by atoms with van der Waals surface area (Å²) in [5.41, 5.74) is 1.14. The van der Waals surface area contributed by atoms with Gasteiger partial charge in [0, 0.05) is 33.4 Å². The standard InChI is InChI=1S/C16H22N4O3/c1-18(2)16(21)12-23-15-10-19(9-14-4-3-7-22-14)8-13-5-6-17-20(13)11-15/h3-7,15H,8-12H2,1-2H3. The monoisotopic (exact) mass is 318 g/mol. The summed E-state index contributed by atoms with van der Waals surface area (Å²) < 4.78 is 13.2. The van der Waals surface area contributed by atoms with Gasteiger partial charge in [-0.15, -0.1) is 0 Å². The Morgan fingerprint density at radius 2 is 2.30 bits per heavy atom. The largest absolute Gasteiger partial charge is 0.468 e. The van der Waals surface area contributed by atoms with Crippen molar-refractivity contribution in [2.75, 3.05) is 27.2 Å². The van der Waals surface area contributed by atoms with Crippen LogP contribution in [-0.4, -0.2) is 58.8 Å². The molecule has 0 aromatic carbocycles. The predicted octanol–water partition coefficient (Wildman–Crippen LogP) is 0.965. The molecule has 3 heterocycles. The number of ether oxygens (including phenoxy) is 1. The minimum absolute atomic E-state index is 0.0347. The molecule has 2 aromatic rings. The van der Waals surface area contributed by atoms with Gasteiger partial charge in [-0.05, 0) is 18.2 Å². The summed E-state index contributed by atoms with van der Waals surface area (Å²) in [7, 11) is 3.46. The topological polar surface area (TPSA) is 63.7 Å². The molecule has 0 aliphatic carbocycles. The van der Waals surface area contributed by atoms with Gasteiger partial charge in [-0.2, -0.15) is 5.10 Å². The first-order valence-electron chi connectivity index (χ1n) is 7.69. The number of furan rings is 1. The Labute approximate surface area is 135 Å². The van der Waals surface area contributed by atoms with Gasteiger partial charge in [0.05, 0.1) is 31.2 Å². The quantitative estimate of drug-likeness (QED) is 0.822. The van der Waals surface area contributed by atoms with Crippen molar-refractivity contribution >= 4 is 5.91 Å². The van der Waals surface area contributed by atoms with Gasteiger partial charge in [-0.3, -0.25) is 14.4 Å². The number of carbonyl (C=O) groups is 1. The number of fused-ring (bicyclic) bond motifs is 1. The number of hydrogen-bond acceptors (Lipinski definition) is 5. The Balaban J connectivity index is 1.68. The predicted molar refractivity (Wildman–Crippen MR) is 83.5 cm³/mol. The van der Waals surface area contributed by atoms with Crippen molar-refractivity contribution in [1.82, 2.24) is 19.6 Å². The fourth-order valence-electron chi connectivity index (χ4n) is 2.66. The molecule has 3 rings (SSSR count). The van der Waals surface area contributed by atoms with E-state index in [-0.39, 0.29) is 18.6 Å². The van der Waals surface area contributed by atoms with Gasteiger partial charge in [0.25, 0.3) is 0 Å². The Morgan fingerprint density at radius 1 is 1.43 bits per heavy atom. The molecule has 0 bridgehead atoms. The number of amides is 1.